The maximum Gasteiger partial charge on any atom is 0.233 e. The molecule has 2 saturated heterocycles. The summed E-state index contributed by atoms with van der Waals surface area (Å²) in [6.07, 6.45) is 0. The first kappa shape index (κ1) is 27.8. The van der Waals surface area contributed by atoms with Gasteiger partial charge < -0.3 is 19.6 Å². The molecule has 0 bridgehead atoms. The van der Waals surface area contributed by atoms with Crippen LogP contribution in [-0.4, -0.2) is 89.2 Å². The Bertz CT molecular complexity index is 1140. The van der Waals surface area contributed by atoms with E-state index < -0.39 is 5.41 Å². The SMILES string of the molecule is CC1CN(c2cc(Cl)nc(SCC(=O)N3CCN(c4cccc(Cl)c4)CC3)n2)CCN1C(=O)C(C)(C)C. The van der Waals surface area contributed by atoms with Crippen LogP contribution < -0.4 is 9.80 Å². The molecular weight excluding hydrogens is 531 g/mol. The number of carbonyl (C=O) groups excluding carboxylic acids is 2. The number of amides is 2. The lowest BCUT2D eigenvalue weighted by atomic mass is 9.93. The summed E-state index contributed by atoms with van der Waals surface area (Å²) >= 11 is 13.8. The van der Waals surface area contributed by atoms with Crippen molar-refractivity contribution < 1.29 is 9.59 Å². The van der Waals surface area contributed by atoms with Gasteiger partial charge in [-0.3, -0.25) is 9.59 Å². The van der Waals surface area contributed by atoms with Crippen LogP contribution >= 0.6 is 35.0 Å². The molecule has 0 aliphatic carbocycles. The minimum atomic E-state index is -0.410. The zero-order valence-electron chi connectivity index (χ0n) is 21.8. The van der Waals surface area contributed by atoms with Crippen molar-refractivity contribution in [2.75, 3.05) is 61.4 Å². The lowest BCUT2D eigenvalue weighted by Gasteiger charge is -2.42. The van der Waals surface area contributed by atoms with E-state index in [4.69, 9.17) is 23.2 Å². The van der Waals surface area contributed by atoms with E-state index >= 15 is 0 Å². The second kappa shape index (κ2) is 11.7. The quantitative estimate of drug-likeness (QED) is 0.304. The molecule has 8 nitrogen and oxygen atoms in total. The van der Waals surface area contributed by atoms with Crippen molar-refractivity contribution >= 4 is 58.3 Å². The van der Waals surface area contributed by atoms with Gasteiger partial charge in [0.05, 0.1) is 5.75 Å². The van der Waals surface area contributed by atoms with Gasteiger partial charge in [0.2, 0.25) is 11.8 Å². The highest BCUT2D eigenvalue weighted by atomic mass is 35.5. The second-order valence-corrected chi connectivity index (χ2v) is 12.3. The number of thioether (sulfide) groups is 1. The highest BCUT2D eigenvalue weighted by Crippen LogP contribution is 2.27. The van der Waals surface area contributed by atoms with Gasteiger partial charge in [0.1, 0.15) is 11.0 Å². The molecule has 0 radical (unpaired) electrons. The molecule has 200 valence electrons. The summed E-state index contributed by atoms with van der Waals surface area (Å²) in [6.45, 7) is 12.7. The molecule has 3 heterocycles. The Morgan fingerprint density at radius 3 is 2.35 bits per heavy atom. The van der Waals surface area contributed by atoms with E-state index in [9.17, 15) is 9.59 Å². The lowest BCUT2D eigenvalue weighted by molar-refractivity contribution is -0.142. The monoisotopic (exact) mass is 564 g/mol. The van der Waals surface area contributed by atoms with Gasteiger partial charge in [0, 0.05) is 74.0 Å². The molecule has 2 amide bonds. The first-order chi connectivity index (χ1) is 17.5. The minimum absolute atomic E-state index is 0.0532. The number of anilines is 2. The smallest absolute Gasteiger partial charge is 0.233 e. The average Bonchev–Trinajstić information content (AvgIpc) is 2.86. The maximum absolute atomic E-state index is 12.9. The van der Waals surface area contributed by atoms with Crippen LogP contribution in [0.5, 0.6) is 0 Å². The van der Waals surface area contributed by atoms with Gasteiger partial charge in [-0.15, -0.1) is 0 Å². The molecule has 1 unspecified atom stereocenters. The Morgan fingerprint density at radius 2 is 1.70 bits per heavy atom. The van der Waals surface area contributed by atoms with E-state index in [1.54, 1.807) is 6.07 Å². The minimum Gasteiger partial charge on any atom is -0.368 e. The maximum atomic E-state index is 12.9. The summed E-state index contributed by atoms with van der Waals surface area (Å²) in [6, 6.07) is 9.59. The molecule has 11 heteroatoms. The van der Waals surface area contributed by atoms with Gasteiger partial charge in [-0.2, -0.15) is 0 Å². The Hall–Kier alpha value is -2.23. The third-order valence-electron chi connectivity index (χ3n) is 6.65. The van der Waals surface area contributed by atoms with E-state index in [-0.39, 0.29) is 23.6 Å². The Kier molecular flexibility index (Phi) is 8.76. The second-order valence-electron chi connectivity index (χ2n) is 10.5. The van der Waals surface area contributed by atoms with Crippen molar-refractivity contribution in [3.63, 3.8) is 0 Å². The number of benzene rings is 1. The summed E-state index contributed by atoms with van der Waals surface area (Å²) in [7, 11) is 0. The van der Waals surface area contributed by atoms with Crippen LogP contribution in [0.1, 0.15) is 27.7 Å². The summed E-state index contributed by atoms with van der Waals surface area (Å²) in [5, 5.41) is 1.54. The zero-order valence-corrected chi connectivity index (χ0v) is 24.1. The molecule has 1 aromatic carbocycles. The van der Waals surface area contributed by atoms with Crippen LogP contribution in [0, 0.1) is 5.41 Å². The summed E-state index contributed by atoms with van der Waals surface area (Å²) in [4.78, 5) is 42.9. The van der Waals surface area contributed by atoms with Crippen molar-refractivity contribution in [1.29, 1.82) is 0 Å². The number of piperazine rings is 2. The Labute approximate surface area is 233 Å². The number of halogens is 2. The van der Waals surface area contributed by atoms with Crippen molar-refractivity contribution in [1.82, 2.24) is 19.8 Å². The van der Waals surface area contributed by atoms with Gasteiger partial charge in [0.15, 0.2) is 5.16 Å². The molecule has 1 aromatic heterocycles. The number of hydrogen-bond acceptors (Lipinski definition) is 7. The molecule has 2 fully saturated rings. The molecule has 0 N–H and O–H groups in total. The highest BCUT2D eigenvalue weighted by Gasteiger charge is 2.34. The first-order valence-electron chi connectivity index (χ1n) is 12.5. The first-order valence-corrected chi connectivity index (χ1v) is 14.3. The van der Waals surface area contributed by atoms with Gasteiger partial charge in [0.25, 0.3) is 0 Å². The third-order valence-corrected chi connectivity index (χ3v) is 7.91. The number of nitrogens with zero attached hydrogens (tertiary/aromatic N) is 6. The predicted molar refractivity (Wildman–Crippen MR) is 151 cm³/mol. The summed E-state index contributed by atoms with van der Waals surface area (Å²) in [5.74, 6) is 1.19. The molecule has 4 rings (SSSR count). The standard InChI is InChI=1S/C26H34Cl2N6O2S/c1-18-16-33(12-13-34(18)24(36)26(2,3)4)22-15-21(28)29-25(30-22)37-17-23(35)32-10-8-31(9-11-32)20-7-5-6-19(27)14-20/h5-7,14-15,18H,8-13,16-17H2,1-4H3. The van der Waals surface area contributed by atoms with E-state index in [2.05, 4.69) is 26.7 Å². The fourth-order valence-electron chi connectivity index (χ4n) is 4.61. The molecule has 1 atom stereocenters. The number of hydrogen-bond donors (Lipinski definition) is 0. The molecule has 2 aliphatic rings. The summed E-state index contributed by atoms with van der Waals surface area (Å²) < 4.78 is 0. The van der Waals surface area contributed by atoms with Gasteiger partial charge in [-0.05, 0) is 25.1 Å². The van der Waals surface area contributed by atoms with E-state index in [1.165, 1.54) is 11.8 Å². The molecule has 0 saturated carbocycles. The number of carbonyl (C=O) groups is 2. The number of rotatable bonds is 5. The van der Waals surface area contributed by atoms with Crippen LogP contribution in [0.3, 0.4) is 0 Å². The molecule has 2 aromatic rings. The van der Waals surface area contributed by atoms with Crippen LogP contribution in [0.2, 0.25) is 10.2 Å². The largest absolute Gasteiger partial charge is 0.368 e. The fraction of sp³-hybridized carbons (Fsp3) is 0.538. The van der Waals surface area contributed by atoms with Crippen molar-refractivity contribution in [2.45, 2.75) is 38.9 Å². The fourth-order valence-corrected chi connectivity index (χ4v) is 5.78. The molecule has 2 aliphatic heterocycles. The van der Waals surface area contributed by atoms with Crippen molar-refractivity contribution in [2.24, 2.45) is 5.41 Å². The van der Waals surface area contributed by atoms with Gasteiger partial charge in [-0.1, -0.05) is 61.8 Å². The number of aromatic nitrogens is 2. The Morgan fingerprint density at radius 1 is 1.00 bits per heavy atom. The zero-order chi connectivity index (χ0) is 26.7. The molecule has 37 heavy (non-hydrogen) atoms. The third kappa shape index (κ3) is 7.00. The van der Waals surface area contributed by atoms with Crippen LogP contribution in [-0.2, 0) is 9.59 Å². The molecule has 0 spiro atoms. The van der Waals surface area contributed by atoms with E-state index in [0.717, 1.165) is 24.6 Å². The summed E-state index contributed by atoms with van der Waals surface area (Å²) in [5.41, 5.74) is 0.666. The average molecular weight is 566 g/mol. The Balaban J connectivity index is 1.31. The van der Waals surface area contributed by atoms with Crippen LogP contribution in [0.4, 0.5) is 11.5 Å². The highest BCUT2D eigenvalue weighted by molar-refractivity contribution is 7.99. The normalized spacial score (nSPS) is 18.8. The van der Waals surface area contributed by atoms with Gasteiger partial charge in [-0.25, -0.2) is 9.97 Å². The van der Waals surface area contributed by atoms with Crippen molar-refractivity contribution in [3.8, 4) is 0 Å². The van der Waals surface area contributed by atoms with Crippen molar-refractivity contribution in [3.05, 3.63) is 40.5 Å². The van der Waals surface area contributed by atoms with E-state index in [1.807, 2.05) is 54.8 Å². The predicted octanol–water partition coefficient (Wildman–Crippen LogP) is 4.31. The lowest BCUT2D eigenvalue weighted by Crippen LogP contribution is -2.56. The topological polar surface area (TPSA) is 72.9 Å². The molecular formula is C26H34Cl2N6O2S. The van der Waals surface area contributed by atoms with E-state index in [0.29, 0.717) is 48.1 Å². The van der Waals surface area contributed by atoms with Crippen LogP contribution in [0.15, 0.2) is 35.5 Å². The van der Waals surface area contributed by atoms with Gasteiger partial charge >= 0.3 is 0 Å². The van der Waals surface area contributed by atoms with Crippen LogP contribution in [0.25, 0.3) is 0 Å².